The Labute approximate surface area is 145 Å². The number of rotatable bonds is 4. The number of pyridine rings is 1. The number of nitrogens with zero attached hydrogens (tertiary/aromatic N) is 2. The van der Waals surface area contributed by atoms with Crippen molar-refractivity contribution in [3.8, 4) is 0 Å². The molecule has 2 aromatic heterocycles. The van der Waals surface area contributed by atoms with Gasteiger partial charge in [-0.25, -0.2) is 23.1 Å². The number of carbonyl (C=O) groups is 1. The molecule has 1 aromatic carbocycles. The Morgan fingerprint density at radius 3 is 2.81 bits per heavy atom. The number of aromatic nitrogens is 3. The molecule has 2 heterocycles. The first-order valence-electron chi connectivity index (χ1n) is 7.69. The highest BCUT2D eigenvalue weighted by molar-refractivity contribution is 5.77. The zero-order valence-electron chi connectivity index (χ0n) is 13.6. The lowest BCUT2D eigenvalue weighted by Crippen LogP contribution is -2.41. The minimum absolute atomic E-state index is 0.0255. The fourth-order valence-electron chi connectivity index (χ4n) is 2.58. The molecule has 3 rings (SSSR count). The van der Waals surface area contributed by atoms with E-state index in [2.05, 4.69) is 15.3 Å². The van der Waals surface area contributed by atoms with E-state index >= 15 is 0 Å². The Kier molecular flexibility index (Phi) is 4.61. The third-order valence-corrected chi connectivity index (χ3v) is 3.85. The van der Waals surface area contributed by atoms with Crippen molar-refractivity contribution in [3.05, 3.63) is 74.6 Å². The number of H-pyrrole nitrogens is 1. The summed E-state index contributed by atoms with van der Waals surface area (Å²) in [5.41, 5.74) is -1.09. The van der Waals surface area contributed by atoms with Gasteiger partial charge in [-0.1, -0.05) is 6.07 Å². The van der Waals surface area contributed by atoms with Crippen LogP contribution in [0.5, 0.6) is 0 Å². The number of fused-ring (bicyclic) bond motifs is 1. The molecule has 0 fully saturated rings. The minimum Gasteiger partial charge on any atom is -0.348 e. The van der Waals surface area contributed by atoms with Gasteiger partial charge in [0.25, 0.3) is 5.56 Å². The van der Waals surface area contributed by atoms with Gasteiger partial charge >= 0.3 is 5.69 Å². The number of aromatic amines is 1. The lowest BCUT2D eigenvalue weighted by atomic mass is 10.1. The molecule has 0 aliphatic carbocycles. The molecule has 0 unspecified atom stereocenters. The first kappa shape index (κ1) is 17.5. The summed E-state index contributed by atoms with van der Waals surface area (Å²) in [6.07, 6.45) is 1.39. The Balaban J connectivity index is 1.83. The molecule has 7 nitrogen and oxygen atoms in total. The van der Waals surface area contributed by atoms with Gasteiger partial charge in [-0.15, -0.1) is 0 Å². The molecule has 9 heteroatoms. The van der Waals surface area contributed by atoms with Crippen LogP contribution in [0.15, 0.2) is 46.1 Å². The number of hydrogen-bond acceptors (Lipinski definition) is 4. The quantitative estimate of drug-likeness (QED) is 0.732. The average Bonchev–Trinajstić information content (AvgIpc) is 2.58. The van der Waals surface area contributed by atoms with Crippen LogP contribution in [-0.4, -0.2) is 20.4 Å². The highest BCUT2D eigenvalue weighted by Gasteiger charge is 2.17. The second kappa shape index (κ2) is 6.87. The fourth-order valence-corrected chi connectivity index (χ4v) is 2.58. The van der Waals surface area contributed by atoms with Crippen LogP contribution in [0.4, 0.5) is 8.78 Å². The Morgan fingerprint density at radius 2 is 2.08 bits per heavy atom. The van der Waals surface area contributed by atoms with Crippen molar-refractivity contribution < 1.29 is 13.6 Å². The van der Waals surface area contributed by atoms with Crippen LogP contribution in [0.3, 0.4) is 0 Å². The topological polar surface area (TPSA) is 96.8 Å². The summed E-state index contributed by atoms with van der Waals surface area (Å²) in [7, 11) is 0. The van der Waals surface area contributed by atoms with Crippen LogP contribution in [-0.2, 0) is 11.3 Å². The number of halogens is 2. The van der Waals surface area contributed by atoms with Crippen molar-refractivity contribution >= 4 is 16.9 Å². The lowest BCUT2D eigenvalue weighted by Gasteiger charge is -2.15. The maximum absolute atomic E-state index is 13.8. The second-order valence-corrected chi connectivity index (χ2v) is 5.68. The average molecular weight is 360 g/mol. The molecular formula is C17H14F2N4O3. The largest absolute Gasteiger partial charge is 0.348 e. The number of benzene rings is 1. The van der Waals surface area contributed by atoms with Crippen LogP contribution in [0.1, 0.15) is 18.5 Å². The Bertz CT molecular complexity index is 1110. The standard InChI is InChI=1S/C17H14F2N4O3/c1-9(11-5-4-10(18)7-12(11)19)21-14(24)8-23-16(25)15-13(22-17(23)26)3-2-6-20-15/h2-7,9H,8H2,1H3,(H,21,24)(H,22,26)/t9-/m0/s1. The van der Waals surface area contributed by atoms with Crippen LogP contribution in [0.25, 0.3) is 11.0 Å². The van der Waals surface area contributed by atoms with Gasteiger partial charge in [0.15, 0.2) is 5.52 Å². The minimum atomic E-state index is -0.803. The molecule has 1 atom stereocenters. The van der Waals surface area contributed by atoms with Crippen molar-refractivity contribution in [2.75, 3.05) is 0 Å². The first-order chi connectivity index (χ1) is 12.4. The third-order valence-electron chi connectivity index (χ3n) is 3.85. The summed E-state index contributed by atoms with van der Waals surface area (Å²) >= 11 is 0. The lowest BCUT2D eigenvalue weighted by molar-refractivity contribution is -0.122. The molecule has 3 aromatic rings. The van der Waals surface area contributed by atoms with E-state index < -0.39 is 41.4 Å². The van der Waals surface area contributed by atoms with Crippen molar-refractivity contribution in [2.24, 2.45) is 0 Å². The summed E-state index contributed by atoms with van der Waals surface area (Å²) in [6, 6.07) is 5.31. The fraction of sp³-hybridized carbons (Fsp3) is 0.176. The summed E-state index contributed by atoms with van der Waals surface area (Å²) in [4.78, 5) is 42.9. The van der Waals surface area contributed by atoms with Crippen molar-refractivity contribution in [1.29, 1.82) is 0 Å². The van der Waals surface area contributed by atoms with Crippen molar-refractivity contribution in [1.82, 2.24) is 19.9 Å². The third kappa shape index (κ3) is 3.37. The molecule has 0 aliphatic heterocycles. The normalized spacial score (nSPS) is 12.1. The second-order valence-electron chi connectivity index (χ2n) is 5.68. The van der Waals surface area contributed by atoms with E-state index in [1.807, 2.05) is 0 Å². The molecule has 0 radical (unpaired) electrons. The number of amides is 1. The molecule has 0 aliphatic rings. The van der Waals surface area contributed by atoms with E-state index in [-0.39, 0.29) is 16.6 Å². The predicted molar refractivity (Wildman–Crippen MR) is 89.5 cm³/mol. The van der Waals surface area contributed by atoms with Gasteiger partial charge in [-0.2, -0.15) is 0 Å². The van der Waals surface area contributed by atoms with Gasteiger partial charge in [0.1, 0.15) is 18.2 Å². The van der Waals surface area contributed by atoms with E-state index in [0.29, 0.717) is 10.6 Å². The van der Waals surface area contributed by atoms with Gasteiger partial charge in [0.05, 0.1) is 11.6 Å². The van der Waals surface area contributed by atoms with E-state index in [9.17, 15) is 23.2 Å². The zero-order chi connectivity index (χ0) is 18.8. The van der Waals surface area contributed by atoms with Gasteiger partial charge in [0.2, 0.25) is 5.91 Å². The summed E-state index contributed by atoms with van der Waals surface area (Å²) in [5, 5.41) is 2.47. The zero-order valence-corrected chi connectivity index (χ0v) is 13.6. The van der Waals surface area contributed by atoms with Crippen LogP contribution >= 0.6 is 0 Å². The molecule has 134 valence electrons. The number of carbonyl (C=O) groups excluding carboxylic acids is 1. The first-order valence-corrected chi connectivity index (χ1v) is 7.69. The van der Waals surface area contributed by atoms with Gasteiger partial charge < -0.3 is 10.3 Å². The number of nitrogens with one attached hydrogen (secondary N) is 2. The summed E-state index contributed by atoms with van der Waals surface area (Å²) in [5.74, 6) is -2.21. The molecule has 1 amide bonds. The van der Waals surface area contributed by atoms with E-state index in [0.717, 1.165) is 6.07 Å². The molecule has 2 N–H and O–H groups in total. The highest BCUT2D eigenvalue weighted by atomic mass is 19.1. The van der Waals surface area contributed by atoms with Gasteiger partial charge in [0, 0.05) is 17.8 Å². The van der Waals surface area contributed by atoms with E-state index in [1.165, 1.54) is 25.3 Å². The van der Waals surface area contributed by atoms with Gasteiger partial charge in [-0.3, -0.25) is 9.59 Å². The molecule has 0 saturated heterocycles. The van der Waals surface area contributed by atoms with Crippen molar-refractivity contribution in [2.45, 2.75) is 19.5 Å². The van der Waals surface area contributed by atoms with Crippen molar-refractivity contribution in [3.63, 3.8) is 0 Å². The summed E-state index contributed by atoms with van der Waals surface area (Å²) < 4.78 is 27.4. The summed E-state index contributed by atoms with van der Waals surface area (Å²) in [6.45, 7) is 0.941. The highest BCUT2D eigenvalue weighted by Crippen LogP contribution is 2.17. The SMILES string of the molecule is C[C@H](NC(=O)Cn1c(=O)[nH]c2cccnc2c1=O)c1ccc(F)cc1F. The molecule has 0 saturated carbocycles. The maximum atomic E-state index is 13.8. The van der Waals surface area contributed by atoms with Crippen LogP contribution < -0.4 is 16.6 Å². The smallest absolute Gasteiger partial charge is 0.329 e. The molecule has 0 spiro atoms. The van der Waals surface area contributed by atoms with Gasteiger partial charge in [-0.05, 0) is 25.1 Å². The van der Waals surface area contributed by atoms with E-state index in [1.54, 1.807) is 6.07 Å². The van der Waals surface area contributed by atoms with Crippen LogP contribution in [0, 0.1) is 11.6 Å². The molecule has 26 heavy (non-hydrogen) atoms. The molecule has 0 bridgehead atoms. The van der Waals surface area contributed by atoms with E-state index in [4.69, 9.17) is 0 Å². The molecular weight excluding hydrogens is 346 g/mol. The van der Waals surface area contributed by atoms with Crippen LogP contribution in [0.2, 0.25) is 0 Å². The monoisotopic (exact) mass is 360 g/mol. The maximum Gasteiger partial charge on any atom is 0.329 e. The number of hydrogen-bond donors (Lipinski definition) is 2. The Morgan fingerprint density at radius 1 is 1.31 bits per heavy atom. The predicted octanol–water partition coefficient (Wildman–Crippen LogP) is 1.24. The Hall–Kier alpha value is -3.36.